The third-order valence-corrected chi connectivity index (χ3v) is 5.24. The number of rotatable bonds is 18. The van der Waals surface area contributed by atoms with Crippen LogP contribution in [0.15, 0.2) is 24.3 Å². The van der Waals surface area contributed by atoms with E-state index in [4.69, 9.17) is 14.7 Å². The van der Waals surface area contributed by atoms with Crippen molar-refractivity contribution < 1.29 is 19.1 Å². The van der Waals surface area contributed by atoms with Gasteiger partial charge in [0.15, 0.2) is 0 Å². The second-order valence-corrected chi connectivity index (χ2v) is 8.07. The number of carbonyl (C=O) groups excluding carboxylic acids is 2. The number of nitriles is 1. The fourth-order valence-corrected chi connectivity index (χ4v) is 3.36. The van der Waals surface area contributed by atoms with E-state index in [2.05, 4.69) is 6.92 Å². The van der Waals surface area contributed by atoms with Crippen LogP contribution in [0.3, 0.4) is 0 Å². The van der Waals surface area contributed by atoms with E-state index in [1.807, 2.05) is 6.07 Å². The summed E-state index contributed by atoms with van der Waals surface area (Å²) in [5.41, 5.74) is 0.510. The average molecular weight is 430 g/mol. The first-order valence-electron chi connectivity index (χ1n) is 12.0. The van der Waals surface area contributed by atoms with E-state index in [1.165, 1.54) is 64.2 Å². The highest BCUT2D eigenvalue weighted by Crippen LogP contribution is 2.14. The molecule has 0 radical (unpaired) electrons. The highest BCUT2D eigenvalue weighted by molar-refractivity contribution is 5.74. The van der Waals surface area contributed by atoms with Gasteiger partial charge in [-0.1, -0.05) is 77.6 Å². The Morgan fingerprint density at radius 3 is 1.81 bits per heavy atom. The molecule has 1 aromatic rings. The predicted molar refractivity (Wildman–Crippen MR) is 123 cm³/mol. The Hall–Kier alpha value is -2.35. The summed E-state index contributed by atoms with van der Waals surface area (Å²) < 4.78 is 10.4. The van der Waals surface area contributed by atoms with Crippen molar-refractivity contribution in [1.82, 2.24) is 0 Å². The van der Waals surface area contributed by atoms with Gasteiger partial charge >= 0.3 is 11.9 Å². The molecule has 0 aliphatic rings. The third-order valence-electron chi connectivity index (χ3n) is 5.24. The molecule has 5 heteroatoms. The first-order chi connectivity index (χ1) is 15.2. The normalized spacial score (nSPS) is 10.5. The van der Waals surface area contributed by atoms with E-state index in [-0.39, 0.29) is 18.8 Å². The van der Waals surface area contributed by atoms with Gasteiger partial charge in [0, 0.05) is 12.8 Å². The van der Waals surface area contributed by atoms with Crippen LogP contribution in [-0.2, 0) is 14.3 Å². The lowest BCUT2D eigenvalue weighted by atomic mass is 10.1. The lowest BCUT2D eigenvalue weighted by Crippen LogP contribution is -2.10. The first-order valence-corrected chi connectivity index (χ1v) is 12.0. The first kappa shape index (κ1) is 26.7. The SMILES string of the molecule is CCCCCCCCCCCCCCOC(=O)CCCC(=O)Oc1ccc(C#N)cc1. The Labute approximate surface area is 188 Å². The Bertz CT molecular complexity index is 648. The Morgan fingerprint density at radius 1 is 0.742 bits per heavy atom. The molecule has 0 bridgehead atoms. The molecule has 31 heavy (non-hydrogen) atoms. The molecule has 0 heterocycles. The third kappa shape index (κ3) is 15.2. The summed E-state index contributed by atoms with van der Waals surface area (Å²) in [7, 11) is 0. The van der Waals surface area contributed by atoms with Crippen LogP contribution in [0.1, 0.15) is 109 Å². The highest BCUT2D eigenvalue weighted by Gasteiger charge is 2.08. The minimum absolute atomic E-state index is 0.160. The lowest BCUT2D eigenvalue weighted by Gasteiger charge is -2.06. The fraction of sp³-hybridized carbons (Fsp3) is 0.654. The van der Waals surface area contributed by atoms with Crippen molar-refractivity contribution in [2.24, 2.45) is 0 Å². The molecule has 0 amide bonds. The number of ether oxygens (including phenoxy) is 2. The summed E-state index contributed by atoms with van der Waals surface area (Å²) in [5.74, 6) is -0.244. The summed E-state index contributed by atoms with van der Waals surface area (Å²) in [6.45, 7) is 2.72. The highest BCUT2D eigenvalue weighted by atomic mass is 16.5. The van der Waals surface area contributed by atoms with Crippen LogP contribution in [0.2, 0.25) is 0 Å². The maximum Gasteiger partial charge on any atom is 0.311 e. The molecule has 1 rings (SSSR count). The summed E-state index contributed by atoms with van der Waals surface area (Å²) in [4.78, 5) is 23.5. The monoisotopic (exact) mass is 429 g/mol. The van der Waals surface area contributed by atoms with Gasteiger partial charge in [-0.15, -0.1) is 0 Å². The number of esters is 2. The Kier molecular flexibility index (Phi) is 15.9. The quantitative estimate of drug-likeness (QED) is 0.144. The van der Waals surface area contributed by atoms with Gasteiger partial charge in [-0.3, -0.25) is 9.59 Å². The lowest BCUT2D eigenvalue weighted by molar-refractivity contribution is -0.144. The zero-order chi connectivity index (χ0) is 22.6. The molecule has 0 fully saturated rings. The number of nitrogens with zero attached hydrogens (tertiary/aromatic N) is 1. The second kappa shape index (κ2) is 18.4. The van der Waals surface area contributed by atoms with Crippen LogP contribution < -0.4 is 4.74 Å². The second-order valence-electron chi connectivity index (χ2n) is 8.07. The fourth-order valence-electron chi connectivity index (χ4n) is 3.36. The van der Waals surface area contributed by atoms with Gasteiger partial charge in [0.2, 0.25) is 0 Å². The van der Waals surface area contributed by atoms with Crippen LogP contribution in [0.4, 0.5) is 0 Å². The zero-order valence-electron chi connectivity index (χ0n) is 19.2. The van der Waals surface area contributed by atoms with Crippen molar-refractivity contribution >= 4 is 11.9 Å². The van der Waals surface area contributed by atoms with Gasteiger partial charge < -0.3 is 9.47 Å². The molecule has 0 aliphatic carbocycles. The summed E-state index contributed by atoms with van der Waals surface area (Å²) in [5, 5.41) is 8.75. The molecular weight excluding hydrogens is 390 g/mol. The number of hydrogen-bond acceptors (Lipinski definition) is 5. The van der Waals surface area contributed by atoms with Gasteiger partial charge in [0.05, 0.1) is 18.2 Å². The average Bonchev–Trinajstić information content (AvgIpc) is 2.77. The molecule has 0 saturated carbocycles. The van der Waals surface area contributed by atoms with Crippen molar-refractivity contribution in [2.75, 3.05) is 6.61 Å². The van der Waals surface area contributed by atoms with Gasteiger partial charge in [0.1, 0.15) is 5.75 Å². The van der Waals surface area contributed by atoms with E-state index in [1.54, 1.807) is 24.3 Å². The Morgan fingerprint density at radius 2 is 1.26 bits per heavy atom. The molecule has 0 atom stereocenters. The standard InChI is InChI=1S/C26H39NO4/c1-2-3-4-5-6-7-8-9-10-11-12-13-21-30-25(28)15-14-16-26(29)31-24-19-17-23(22-27)18-20-24/h17-20H,2-16,21H2,1H3. The smallest absolute Gasteiger partial charge is 0.311 e. The Balaban J connectivity index is 1.90. The summed E-state index contributed by atoms with van der Waals surface area (Å²) in [6, 6.07) is 8.36. The van der Waals surface area contributed by atoms with E-state index < -0.39 is 5.97 Å². The number of carbonyl (C=O) groups is 2. The molecule has 0 saturated heterocycles. The van der Waals surface area contributed by atoms with Gasteiger partial charge in [-0.2, -0.15) is 5.26 Å². The molecule has 5 nitrogen and oxygen atoms in total. The molecule has 0 spiro atoms. The maximum absolute atomic E-state index is 11.8. The van der Waals surface area contributed by atoms with E-state index in [0.717, 1.165) is 12.8 Å². The van der Waals surface area contributed by atoms with Gasteiger partial charge in [-0.25, -0.2) is 0 Å². The molecule has 0 aromatic heterocycles. The largest absolute Gasteiger partial charge is 0.466 e. The van der Waals surface area contributed by atoms with E-state index >= 15 is 0 Å². The van der Waals surface area contributed by atoms with Crippen molar-refractivity contribution in [3.63, 3.8) is 0 Å². The maximum atomic E-state index is 11.8. The molecule has 0 N–H and O–H groups in total. The van der Waals surface area contributed by atoms with Crippen LogP contribution in [0.25, 0.3) is 0 Å². The zero-order valence-corrected chi connectivity index (χ0v) is 19.2. The number of benzene rings is 1. The minimum atomic E-state index is -0.390. The van der Waals surface area contributed by atoms with Crippen molar-refractivity contribution in [3.8, 4) is 11.8 Å². The number of unbranched alkanes of at least 4 members (excludes halogenated alkanes) is 11. The molecule has 0 unspecified atom stereocenters. The van der Waals surface area contributed by atoms with Crippen molar-refractivity contribution in [2.45, 2.75) is 103 Å². The van der Waals surface area contributed by atoms with Gasteiger partial charge in [-0.05, 0) is 37.1 Å². The molecular formula is C26H39NO4. The summed E-state index contributed by atoms with van der Waals surface area (Å²) in [6.07, 6.45) is 16.1. The number of hydrogen-bond donors (Lipinski definition) is 0. The van der Waals surface area contributed by atoms with Crippen LogP contribution >= 0.6 is 0 Å². The molecule has 172 valence electrons. The molecule has 1 aromatic carbocycles. The predicted octanol–water partition coefficient (Wildman–Crippen LogP) is 6.88. The van der Waals surface area contributed by atoms with E-state index in [0.29, 0.717) is 24.3 Å². The van der Waals surface area contributed by atoms with Crippen LogP contribution in [0, 0.1) is 11.3 Å². The van der Waals surface area contributed by atoms with E-state index in [9.17, 15) is 9.59 Å². The van der Waals surface area contributed by atoms with Crippen molar-refractivity contribution in [3.05, 3.63) is 29.8 Å². The minimum Gasteiger partial charge on any atom is -0.466 e. The molecule has 0 aliphatic heterocycles. The topological polar surface area (TPSA) is 76.4 Å². The van der Waals surface area contributed by atoms with Crippen molar-refractivity contribution in [1.29, 1.82) is 5.26 Å². The van der Waals surface area contributed by atoms with Crippen LogP contribution in [-0.4, -0.2) is 18.5 Å². The summed E-state index contributed by atoms with van der Waals surface area (Å²) >= 11 is 0. The van der Waals surface area contributed by atoms with Crippen LogP contribution in [0.5, 0.6) is 5.75 Å². The van der Waals surface area contributed by atoms with Gasteiger partial charge in [0.25, 0.3) is 0 Å².